The Balaban J connectivity index is 0.924. The van der Waals surface area contributed by atoms with Crippen molar-refractivity contribution < 1.29 is 102 Å². The number of esters is 1. The standard InChI is InChI=1S/C74H88N8O23S2/c1-44-23-26-52-53(34-44)68(93)66-51-27-24-49(82(102)103)39-54(51)71(96)81(67(52)66)31-15-14-22-65(92)104-32-33-106-107-42-48(72(97)98)38-60(86)58(40-64(90)91)78-70(95)55(75)41-76-69(94)47(35-45-16-8-6-9-17-45)37-59(85)57(36-46-18-10-7-11-19-46)77-61(87)21-13-5-3-2-4-12-20-50(84)25-28-56(73(99)100)79-74(101)80-62(105-43-83)29-30-63(88)89/h6-11,16-19,23-24,26-27,34,39,43,47-48,55-58,62H,2-5,12-15,20-22,25,28-33,35-38,40-42,75H2,1H3,(H,76,94)(H,77,87)(H,78,95)(H,88,89)(H,90,91)(H,97,98)(H,99,100)(H2,79,80,101)/t47-,48+,55+,56+,57+,58+,62-/m1/s1. The van der Waals surface area contributed by atoms with Crippen LogP contribution in [0, 0.1) is 28.9 Å². The fourth-order valence-electron chi connectivity index (χ4n) is 11.9. The Kier molecular flexibility index (Phi) is 34.8. The SMILES string of the molecule is Cc1ccc2c(c1)C(=O)c1c-2n(CCCCC(=O)OCCSSC[C@H](CC(=O)[C@H](CC(=O)O)NC(=O)[C@@H](N)CNC(=O)[C@@H](CC(=O)[C@H](Cc2ccccc2)NC(=O)CCCCCCCCC(=O)CC[C@H](NC(=O)N[C@@H](CCC(=O)O)OC=O)C(=O)O)Cc2ccccc2)C(=O)O)c(=O)c2cc([N+](=O)[O-])ccc12. The van der Waals surface area contributed by atoms with E-state index in [0.29, 0.717) is 72.7 Å². The zero-order valence-electron chi connectivity index (χ0n) is 58.9. The fourth-order valence-corrected chi connectivity index (χ4v) is 14.1. The van der Waals surface area contributed by atoms with Crippen molar-refractivity contribution in [2.45, 2.75) is 172 Å². The van der Waals surface area contributed by atoms with E-state index in [9.17, 15) is 97.4 Å². The largest absolute Gasteiger partial charge is 0.481 e. The van der Waals surface area contributed by atoms with Gasteiger partial charge in [-0.15, -0.1) is 0 Å². The topological polar surface area (TPSA) is 490 Å². The van der Waals surface area contributed by atoms with E-state index < -0.39 is 144 Å². The van der Waals surface area contributed by atoms with Gasteiger partial charge >= 0.3 is 35.9 Å². The number of nitrogens with zero attached hydrogens (tertiary/aromatic N) is 2. The molecule has 4 aromatic carbocycles. The number of Topliss-reactive ketones (excluding diaryl/α,β-unsaturated/α-hetero) is 3. The number of amides is 5. The van der Waals surface area contributed by atoms with E-state index in [2.05, 4.69) is 31.3 Å². The summed E-state index contributed by atoms with van der Waals surface area (Å²) < 4.78 is 11.4. The van der Waals surface area contributed by atoms with Gasteiger partial charge in [0.1, 0.15) is 24.5 Å². The number of carboxylic acids is 4. The van der Waals surface area contributed by atoms with Crippen LogP contribution in [0.25, 0.3) is 22.0 Å². The molecule has 1 heterocycles. The van der Waals surface area contributed by atoms with Gasteiger partial charge in [0.05, 0.1) is 52.4 Å². The molecular weight excluding hydrogens is 1430 g/mol. The summed E-state index contributed by atoms with van der Waals surface area (Å²) in [5.74, 6) is -12.6. The van der Waals surface area contributed by atoms with Gasteiger partial charge < -0.3 is 66.8 Å². The third-order valence-corrected chi connectivity index (χ3v) is 20.0. The number of carboxylic acid groups (broad SMARTS) is 4. The Labute approximate surface area is 622 Å². The van der Waals surface area contributed by atoms with Crippen molar-refractivity contribution in [1.29, 1.82) is 0 Å². The lowest BCUT2D eigenvalue weighted by atomic mass is 9.89. The zero-order valence-corrected chi connectivity index (χ0v) is 60.5. The summed E-state index contributed by atoms with van der Waals surface area (Å²) in [4.78, 5) is 203. The highest BCUT2D eigenvalue weighted by Crippen LogP contribution is 2.40. The Morgan fingerprint density at radius 1 is 0.617 bits per heavy atom. The van der Waals surface area contributed by atoms with Gasteiger partial charge in [-0.25, -0.2) is 9.59 Å². The Morgan fingerprint density at radius 2 is 1.26 bits per heavy atom. The molecule has 0 fully saturated rings. The second kappa shape index (κ2) is 43.7. The minimum Gasteiger partial charge on any atom is -0.481 e. The van der Waals surface area contributed by atoms with Crippen LogP contribution >= 0.6 is 21.6 Å². The third-order valence-electron chi connectivity index (χ3n) is 17.6. The van der Waals surface area contributed by atoms with E-state index in [0.717, 1.165) is 38.8 Å². The molecule has 1 aliphatic rings. The van der Waals surface area contributed by atoms with Crippen LogP contribution in [0.4, 0.5) is 10.5 Å². The molecule has 7 atom stereocenters. The molecule has 0 saturated carbocycles. The van der Waals surface area contributed by atoms with Crippen molar-refractivity contribution in [1.82, 2.24) is 31.2 Å². The highest BCUT2D eigenvalue weighted by atomic mass is 33.1. The number of hydrogen-bond donors (Lipinski definition) is 10. The number of aliphatic carboxylic acids is 4. The molecule has 0 spiro atoms. The van der Waals surface area contributed by atoms with Crippen LogP contribution in [0.2, 0.25) is 0 Å². The second-order valence-electron chi connectivity index (χ2n) is 25.8. The average Bonchev–Trinajstić information content (AvgIpc) is 1.69. The van der Waals surface area contributed by atoms with Crippen LogP contribution in [0.15, 0.2) is 102 Å². The maximum absolute atomic E-state index is 14.3. The lowest BCUT2D eigenvalue weighted by Crippen LogP contribution is -2.53. The second-order valence-corrected chi connectivity index (χ2v) is 28.4. The lowest BCUT2D eigenvalue weighted by Gasteiger charge is -2.23. The number of pyridine rings is 1. The Hall–Kier alpha value is -10.7. The maximum Gasteiger partial charge on any atom is 0.326 e. The number of rotatable bonds is 51. The number of nitrogens with two attached hydrogens (primary N) is 1. The quantitative estimate of drug-likeness (QED) is 0.00360. The van der Waals surface area contributed by atoms with Gasteiger partial charge in [-0.05, 0) is 75.1 Å². The van der Waals surface area contributed by atoms with Gasteiger partial charge in [-0.3, -0.25) is 72.4 Å². The van der Waals surface area contributed by atoms with E-state index in [4.69, 9.17) is 15.6 Å². The molecule has 11 N–H and O–H groups in total. The summed E-state index contributed by atoms with van der Waals surface area (Å²) in [6, 6.07) is 19.8. The molecule has 1 aromatic heterocycles. The number of carbonyl (C=O) groups is 14. The summed E-state index contributed by atoms with van der Waals surface area (Å²) in [6.07, 6.45) is 0.120. The van der Waals surface area contributed by atoms with Gasteiger partial charge in [0, 0.05) is 104 Å². The summed E-state index contributed by atoms with van der Waals surface area (Å²) in [5, 5.41) is 62.3. The highest BCUT2D eigenvalue weighted by Gasteiger charge is 2.36. The molecule has 0 bridgehead atoms. The van der Waals surface area contributed by atoms with Gasteiger partial charge in [-0.2, -0.15) is 0 Å². The minimum atomic E-state index is -1.73. The van der Waals surface area contributed by atoms with E-state index >= 15 is 0 Å². The van der Waals surface area contributed by atoms with E-state index in [1.165, 1.54) is 16.7 Å². The number of urea groups is 1. The molecule has 574 valence electrons. The monoisotopic (exact) mass is 1520 g/mol. The molecule has 1 aliphatic carbocycles. The summed E-state index contributed by atoms with van der Waals surface area (Å²) in [5.41, 5.74) is 9.21. The summed E-state index contributed by atoms with van der Waals surface area (Å²) >= 11 is 0. The van der Waals surface area contributed by atoms with Gasteiger partial charge in [-0.1, -0.05) is 126 Å². The first-order chi connectivity index (χ1) is 51.1. The van der Waals surface area contributed by atoms with E-state index in [1.807, 2.05) is 13.0 Å². The van der Waals surface area contributed by atoms with E-state index in [1.54, 1.807) is 72.8 Å². The number of aromatic nitrogens is 1. The molecule has 0 unspecified atom stereocenters. The number of fused-ring (bicyclic) bond motifs is 5. The third kappa shape index (κ3) is 28.0. The summed E-state index contributed by atoms with van der Waals surface area (Å²) in [7, 11) is 2.19. The average molecular weight is 1520 g/mol. The number of ether oxygens (including phenoxy) is 2. The van der Waals surface area contributed by atoms with Crippen molar-refractivity contribution in [2.75, 3.05) is 24.7 Å². The van der Waals surface area contributed by atoms with Crippen LogP contribution in [0.3, 0.4) is 0 Å². The number of unbranched alkanes of at least 4 members (excludes halogenated alkanes) is 6. The number of nitro groups is 1. The van der Waals surface area contributed by atoms with Crippen molar-refractivity contribution in [3.8, 4) is 11.3 Å². The van der Waals surface area contributed by atoms with Crippen molar-refractivity contribution in [3.63, 3.8) is 0 Å². The number of ketones is 4. The first kappa shape index (κ1) is 85.3. The molecule has 0 radical (unpaired) electrons. The van der Waals surface area contributed by atoms with Crippen molar-refractivity contribution >= 4 is 121 Å². The molecule has 33 heteroatoms. The number of nitrogens with one attached hydrogen (secondary N) is 5. The number of aryl methyl sites for hydroxylation is 1. The highest BCUT2D eigenvalue weighted by molar-refractivity contribution is 8.76. The van der Waals surface area contributed by atoms with Crippen molar-refractivity contribution in [2.24, 2.45) is 17.6 Å². The normalized spacial score (nSPS) is 13.3. The van der Waals surface area contributed by atoms with Crippen LogP contribution in [0.5, 0.6) is 0 Å². The Morgan fingerprint density at radius 3 is 1.91 bits per heavy atom. The van der Waals surface area contributed by atoms with Gasteiger partial charge in [0.15, 0.2) is 23.6 Å². The molecule has 31 nitrogen and oxygen atoms in total. The van der Waals surface area contributed by atoms with Crippen LogP contribution in [0.1, 0.15) is 148 Å². The first-order valence-corrected chi connectivity index (χ1v) is 37.4. The number of hydrogen-bond acceptors (Lipinski definition) is 22. The number of benzene rings is 4. The van der Waals surface area contributed by atoms with Gasteiger partial charge in [0.25, 0.3) is 17.7 Å². The summed E-state index contributed by atoms with van der Waals surface area (Å²) in [6.45, 7) is 1.29. The van der Waals surface area contributed by atoms with E-state index in [-0.39, 0.29) is 124 Å². The van der Waals surface area contributed by atoms with Crippen LogP contribution < -0.4 is 37.9 Å². The first-order valence-electron chi connectivity index (χ1n) is 34.9. The van der Waals surface area contributed by atoms with Crippen molar-refractivity contribution in [3.05, 3.63) is 145 Å². The predicted octanol–water partition coefficient (Wildman–Crippen LogP) is 6.72. The molecule has 107 heavy (non-hydrogen) atoms. The number of carbonyl (C=O) groups excluding carboxylic acids is 10. The van der Waals surface area contributed by atoms with Crippen LogP contribution in [-0.4, -0.2) is 168 Å². The maximum atomic E-state index is 14.3. The fraction of sp³-hybridized carbons (Fsp3) is 0.446. The number of nitro benzene ring substituents is 1. The zero-order chi connectivity index (χ0) is 78.1. The smallest absolute Gasteiger partial charge is 0.326 e. The molecule has 6 rings (SSSR count). The number of non-ortho nitro benzene ring substituents is 1. The minimum absolute atomic E-state index is 0.00646. The van der Waals surface area contributed by atoms with Gasteiger partial charge in [0.2, 0.25) is 17.7 Å². The molecule has 0 saturated heterocycles. The molecule has 5 amide bonds. The molecule has 5 aromatic rings. The molecular formula is C74H88N8O23S2. The lowest BCUT2D eigenvalue weighted by molar-refractivity contribution is -0.384. The van der Waals surface area contributed by atoms with Crippen LogP contribution in [-0.2, 0) is 86.4 Å². The predicted molar refractivity (Wildman–Crippen MR) is 392 cm³/mol. The molecule has 0 aliphatic heterocycles. The Bertz CT molecular complexity index is 4100.